The summed E-state index contributed by atoms with van der Waals surface area (Å²) in [6.07, 6.45) is 0.714. The van der Waals surface area contributed by atoms with E-state index in [1.807, 2.05) is 0 Å². The van der Waals surface area contributed by atoms with E-state index in [4.69, 9.17) is 5.11 Å². The molecular formula is C8H12N2O5. The van der Waals surface area contributed by atoms with Gasteiger partial charge in [0.25, 0.3) is 0 Å². The number of carboxylic acids is 1. The fourth-order valence-corrected chi connectivity index (χ4v) is 2.04. The van der Waals surface area contributed by atoms with Gasteiger partial charge in [-0.15, -0.1) is 0 Å². The lowest BCUT2D eigenvalue weighted by Gasteiger charge is -2.26. The van der Waals surface area contributed by atoms with Gasteiger partial charge in [0.2, 0.25) is 17.5 Å². The molecule has 0 spiro atoms. The number of carboxylic acid groups (broad SMARTS) is 1. The Bertz CT molecular complexity index is 316. The first-order chi connectivity index (χ1) is 6.90. The van der Waals surface area contributed by atoms with Gasteiger partial charge >= 0.3 is 5.97 Å². The number of aliphatic carboxylic acids is 1. The molecular weight excluding hydrogens is 204 g/mol. The van der Waals surface area contributed by atoms with Crippen LogP contribution in [0.25, 0.3) is 0 Å². The molecule has 2 unspecified atom stereocenters. The van der Waals surface area contributed by atoms with Gasteiger partial charge in [-0.05, 0) is 12.8 Å². The molecule has 0 radical (unpaired) electrons. The molecule has 1 amide bonds. The van der Waals surface area contributed by atoms with Crippen LogP contribution in [-0.4, -0.2) is 33.5 Å². The van der Waals surface area contributed by atoms with Crippen molar-refractivity contribution in [1.82, 2.24) is 5.32 Å². The molecule has 1 fully saturated rings. The smallest absolute Gasteiger partial charge is 0.336 e. The van der Waals surface area contributed by atoms with Gasteiger partial charge in [-0.2, -0.15) is 0 Å². The van der Waals surface area contributed by atoms with Gasteiger partial charge in [0, 0.05) is 18.3 Å². The van der Waals surface area contributed by atoms with E-state index < -0.39 is 28.4 Å². The summed E-state index contributed by atoms with van der Waals surface area (Å²) < 4.78 is 0. The summed E-state index contributed by atoms with van der Waals surface area (Å²) in [6.45, 7) is 1.15. The highest BCUT2D eigenvalue weighted by molar-refractivity contribution is 5.87. The molecule has 1 rings (SSSR count). The van der Waals surface area contributed by atoms with Crippen LogP contribution in [-0.2, 0) is 9.59 Å². The summed E-state index contributed by atoms with van der Waals surface area (Å²) in [5.74, 6) is -1.90. The van der Waals surface area contributed by atoms with Crippen molar-refractivity contribution < 1.29 is 19.6 Å². The Morgan fingerprint density at radius 2 is 2.20 bits per heavy atom. The van der Waals surface area contributed by atoms with Crippen molar-refractivity contribution in [2.24, 2.45) is 0 Å². The van der Waals surface area contributed by atoms with Gasteiger partial charge in [-0.1, -0.05) is 0 Å². The van der Waals surface area contributed by atoms with Gasteiger partial charge in [-0.3, -0.25) is 14.9 Å². The number of nitro groups is 1. The van der Waals surface area contributed by atoms with Crippen molar-refractivity contribution >= 4 is 11.9 Å². The summed E-state index contributed by atoms with van der Waals surface area (Å²) in [4.78, 5) is 32.0. The summed E-state index contributed by atoms with van der Waals surface area (Å²) in [6, 6.07) is -1.24. The zero-order valence-corrected chi connectivity index (χ0v) is 8.23. The molecule has 1 saturated carbocycles. The van der Waals surface area contributed by atoms with Gasteiger partial charge in [0.05, 0.1) is 0 Å². The van der Waals surface area contributed by atoms with E-state index in [-0.39, 0.29) is 12.8 Å². The highest BCUT2D eigenvalue weighted by atomic mass is 16.6. The average Bonchev–Trinajstić information content (AvgIpc) is 2.47. The molecule has 84 valence electrons. The number of rotatable bonds is 3. The molecule has 0 bridgehead atoms. The van der Waals surface area contributed by atoms with E-state index >= 15 is 0 Å². The van der Waals surface area contributed by atoms with Crippen LogP contribution in [0.1, 0.15) is 26.2 Å². The summed E-state index contributed by atoms with van der Waals surface area (Å²) in [5.41, 5.74) is -1.73. The van der Waals surface area contributed by atoms with E-state index in [9.17, 15) is 19.7 Å². The lowest BCUT2D eigenvalue weighted by Crippen LogP contribution is -2.61. The fourth-order valence-electron chi connectivity index (χ4n) is 2.04. The SMILES string of the molecule is CC(=O)NC1(C(=O)O)CCCC1[N+](=O)[O-]. The molecule has 7 heteroatoms. The molecule has 1 aliphatic carbocycles. The lowest BCUT2D eigenvalue weighted by atomic mass is 9.93. The summed E-state index contributed by atoms with van der Waals surface area (Å²) in [7, 11) is 0. The molecule has 0 saturated heterocycles. The van der Waals surface area contributed by atoms with Crippen molar-refractivity contribution in [3.8, 4) is 0 Å². The number of carbonyl (C=O) groups is 2. The molecule has 0 aromatic heterocycles. The molecule has 0 aliphatic heterocycles. The number of amides is 1. The number of nitrogens with one attached hydrogen (secondary N) is 1. The maximum absolute atomic E-state index is 11.1. The van der Waals surface area contributed by atoms with E-state index in [0.717, 1.165) is 6.92 Å². The largest absolute Gasteiger partial charge is 0.479 e. The van der Waals surface area contributed by atoms with E-state index in [2.05, 4.69) is 5.32 Å². The Hall–Kier alpha value is -1.66. The summed E-state index contributed by atoms with van der Waals surface area (Å²) >= 11 is 0. The Balaban J connectivity index is 3.03. The van der Waals surface area contributed by atoms with E-state index in [1.165, 1.54) is 0 Å². The second-order valence-corrected chi connectivity index (χ2v) is 3.65. The minimum atomic E-state index is -1.73. The first-order valence-electron chi connectivity index (χ1n) is 4.56. The number of carbonyl (C=O) groups excluding carboxylic acids is 1. The Kier molecular flexibility index (Phi) is 2.92. The van der Waals surface area contributed by atoms with Crippen molar-refractivity contribution in [3.05, 3.63) is 10.1 Å². The third-order valence-corrected chi connectivity index (χ3v) is 2.65. The van der Waals surface area contributed by atoms with Crippen LogP contribution < -0.4 is 5.32 Å². The molecule has 0 aromatic carbocycles. The first kappa shape index (κ1) is 11.4. The van der Waals surface area contributed by atoms with E-state index in [0.29, 0.717) is 6.42 Å². The van der Waals surface area contributed by atoms with Crippen molar-refractivity contribution in [2.75, 3.05) is 0 Å². The lowest BCUT2D eigenvalue weighted by molar-refractivity contribution is -0.528. The van der Waals surface area contributed by atoms with Crippen molar-refractivity contribution in [3.63, 3.8) is 0 Å². The molecule has 1 aliphatic rings. The molecule has 15 heavy (non-hydrogen) atoms. The van der Waals surface area contributed by atoms with Crippen LogP contribution in [0, 0.1) is 10.1 Å². The third kappa shape index (κ3) is 1.90. The Labute approximate surface area is 85.6 Å². The second-order valence-electron chi connectivity index (χ2n) is 3.65. The zero-order chi connectivity index (χ0) is 11.6. The molecule has 7 nitrogen and oxygen atoms in total. The van der Waals surface area contributed by atoms with Crippen LogP contribution in [0.15, 0.2) is 0 Å². The predicted octanol–water partition coefficient (Wildman–Crippen LogP) is -0.225. The molecule has 2 N–H and O–H groups in total. The van der Waals surface area contributed by atoms with Crippen molar-refractivity contribution in [2.45, 2.75) is 37.8 Å². The Morgan fingerprint density at radius 3 is 2.60 bits per heavy atom. The number of nitrogens with zero attached hydrogens (tertiary/aromatic N) is 1. The van der Waals surface area contributed by atoms with Crippen LogP contribution >= 0.6 is 0 Å². The van der Waals surface area contributed by atoms with Crippen LogP contribution in [0.3, 0.4) is 0 Å². The average molecular weight is 216 g/mol. The topological polar surface area (TPSA) is 110 Å². The van der Waals surface area contributed by atoms with Gasteiger partial charge in [-0.25, -0.2) is 4.79 Å². The fraction of sp³-hybridized carbons (Fsp3) is 0.750. The predicted molar refractivity (Wildman–Crippen MR) is 48.8 cm³/mol. The Morgan fingerprint density at radius 1 is 1.60 bits per heavy atom. The molecule has 0 heterocycles. The standard InChI is InChI=1S/C8H12N2O5/c1-5(11)9-8(7(12)13)4-2-3-6(8)10(14)15/h6H,2-4H2,1H3,(H,9,11)(H,12,13). The monoisotopic (exact) mass is 216 g/mol. The third-order valence-electron chi connectivity index (χ3n) is 2.65. The number of hydrogen-bond acceptors (Lipinski definition) is 4. The van der Waals surface area contributed by atoms with Gasteiger partial charge < -0.3 is 10.4 Å². The van der Waals surface area contributed by atoms with E-state index in [1.54, 1.807) is 0 Å². The highest BCUT2D eigenvalue weighted by Crippen LogP contribution is 2.32. The maximum Gasteiger partial charge on any atom is 0.336 e. The normalized spacial score (nSPS) is 29.8. The second kappa shape index (κ2) is 3.84. The van der Waals surface area contributed by atoms with Gasteiger partial charge in [0.1, 0.15) is 0 Å². The molecule has 2 atom stereocenters. The first-order valence-corrected chi connectivity index (χ1v) is 4.56. The molecule has 0 aromatic rings. The van der Waals surface area contributed by atoms with Crippen molar-refractivity contribution in [1.29, 1.82) is 0 Å². The van der Waals surface area contributed by atoms with Crippen LogP contribution in [0.4, 0.5) is 0 Å². The number of hydrogen-bond donors (Lipinski definition) is 2. The van der Waals surface area contributed by atoms with Gasteiger partial charge in [0.15, 0.2) is 0 Å². The summed E-state index contributed by atoms with van der Waals surface area (Å²) in [5, 5.41) is 21.9. The minimum Gasteiger partial charge on any atom is -0.479 e. The van der Waals surface area contributed by atoms with Crippen LogP contribution in [0.2, 0.25) is 0 Å². The zero-order valence-electron chi connectivity index (χ0n) is 8.23. The highest BCUT2D eigenvalue weighted by Gasteiger charge is 2.57. The quantitative estimate of drug-likeness (QED) is 0.500. The minimum absolute atomic E-state index is 0.105. The maximum atomic E-state index is 11.1. The van der Waals surface area contributed by atoms with Crippen LogP contribution in [0.5, 0.6) is 0 Å².